The summed E-state index contributed by atoms with van der Waals surface area (Å²) in [6.07, 6.45) is 5.24. The summed E-state index contributed by atoms with van der Waals surface area (Å²) in [5, 5.41) is 3.71. The van der Waals surface area contributed by atoms with Crippen molar-refractivity contribution in [3.05, 3.63) is 42.0 Å². The maximum absolute atomic E-state index is 3.71. The fourth-order valence-corrected chi connectivity index (χ4v) is 5.79. The van der Waals surface area contributed by atoms with Gasteiger partial charge in [-0.05, 0) is 74.4 Å². The maximum Gasteiger partial charge on any atom is 0.0564 e. The van der Waals surface area contributed by atoms with E-state index in [0.717, 1.165) is 12.3 Å². The summed E-state index contributed by atoms with van der Waals surface area (Å²) in [7, 11) is 0. The van der Waals surface area contributed by atoms with Crippen LogP contribution >= 0.6 is 23.5 Å². The molecule has 0 saturated carbocycles. The van der Waals surface area contributed by atoms with Gasteiger partial charge in [-0.1, -0.05) is 31.2 Å². The molecule has 0 radical (unpaired) electrons. The van der Waals surface area contributed by atoms with E-state index in [4.69, 9.17) is 0 Å². The van der Waals surface area contributed by atoms with Gasteiger partial charge in [0.1, 0.15) is 0 Å². The minimum absolute atomic E-state index is 0.670. The van der Waals surface area contributed by atoms with Crippen molar-refractivity contribution >= 4 is 34.9 Å². The minimum atomic E-state index is 0.670. The van der Waals surface area contributed by atoms with Crippen LogP contribution < -0.4 is 10.2 Å². The number of rotatable bonds is 5. The average Bonchev–Trinajstić information content (AvgIpc) is 2.66. The Morgan fingerprint density at radius 1 is 1.12 bits per heavy atom. The summed E-state index contributed by atoms with van der Waals surface area (Å²) in [6, 6.07) is 14.6. The van der Waals surface area contributed by atoms with Crippen molar-refractivity contribution in [3.63, 3.8) is 0 Å². The van der Waals surface area contributed by atoms with E-state index in [1.807, 2.05) is 23.5 Å². The number of hydrogen-bond donors (Lipinski definition) is 1. The molecule has 26 heavy (non-hydrogen) atoms. The summed E-state index contributed by atoms with van der Waals surface area (Å²) in [5.41, 5.74) is 4.11. The number of nitrogens with one attached hydrogen (secondary N) is 1. The van der Waals surface area contributed by atoms with E-state index in [1.54, 1.807) is 0 Å². The first-order valence-electron chi connectivity index (χ1n) is 9.81. The Bertz CT molecular complexity index is 769. The highest BCUT2D eigenvalue weighted by Gasteiger charge is 2.25. The lowest BCUT2D eigenvalue weighted by Gasteiger charge is -2.35. The zero-order chi connectivity index (χ0) is 17.9. The Morgan fingerprint density at radius 2 is 2.04 bits per heavy atom. The normalized spacial score (nSPS) is 19.2. The van der Waals surface area contributed by atoms with Crippen LogP contribution in [0.15, 0.2) is 51.1 Å². The Hall–Kier alpha value is -1.10. The molecule has 1 N–H and O–H groups in total. The third-order valence-corrected chi connectivity index (χ3v) is 7.26. The van der Waals surface area contributed by atoms with Gasteiger partial charge in [-0.3, -0.25) is 0 Å². The summed E-state index contributed by atoms with van der Waals surface area (Å²) < 4.78 is 0. The molecule has 1 unspecified atom stereocenters. The number of piperidine rings is 1. The molecule has 1 fully saturated rings. The summed E-state index contributed by atoms with van der Waals surface area (Å²) in [6.45, 7) is 6.68. The lowest BCUT2D eigenvalue weighted by Crippen LogP contribution is -2.37. The standard InChI is InChI=1S/C22H28N2S2/c1-3-25-18-8-10-21-20(15-18)24(13-11-17-6-4-5-12-23-17)19-9-7-16(2)14-22(19)26-21/h7-10,14-15,17,23H,3-6,11-13H2,1-2H3. The van der Waals surface area contributed by atoms with Gasteiger partial charge >= 0.3 is 0 Å². The van der Waals surface area contributed by atoms with Crippen molar-refractivity contribution < 1.29 is 0 Å². The zero-order valence-corrected chi connectivity index (χ0v) is 17.4. The van der Waals surface area contributed by atoms with E-state index in [1.165, 1.54) is 63.9 Å². The first-order valence-corrected chi connectivity index (χ1v) is 11.6. The second-order valence-corrected chi connectivity index (χ2v) is 9.64. The van der Waals surface area contributed by atoms with Gasteiger partial charge in [0.25, 0.3) is 0 Å². The lowest BCUT2D eigenvalue weighted by molar-refractivity contribution is 0.385. The number of benzene rings is 2. The van der Waals surface area contributed by atoms with Gasteiger partial charge in [-0.25, -0.2) is 0 Å². The van der Waals surface area contributed by atoms with Crippen LogP contribution in [0.2, 0.25) is 0 Å². The fourth-order valence-electron chi connectivity index (χ4n) is 3.92. The van der Waals surface area contributed by atoms with E-state index in [2.05, 4.69) is 60.5 Å². The van der Waals surface area contributed by atoms with E-state index in [0.29, 0.717) is 6.04 Å². The van der Waals surface area contributed by atoms with Crippen molar-refractivity contribution in [3.8, 4) is 0 Å². The predicted molar refractivity (Wildman–Crippen MR) is 115 cm³/mol. The van der Waals surface area contributed by atoms with Gasteiger partial charge in [-0.2, -0.15) is 0 Å². The van der Waals surface area contributed by atoms with Crippen molar-refractivity contribution in [2.24, 2.45) is 0 Å². The Balaban J connectivity index is 1.64. The molecule has 2 aromatic carbocycles. The molecule has 1 saturated heterocycles. The van der Waals surface area contributed by atoms with Crippen LogP contribution in [0.5, 0.6) is 0 Å². The highest BCUT2D eigenvalue weighted by atomic mass is 32.2. The zero-order valence-electron chi connectivity index (χ0n) is 15.8. The molecule has 0 amide bonds. The van der Waals surface area contributed by atoms with Crippen LogP contribution in [-0.4, -0.2) is 24.9 Å². The predicted octanol–water partition coefficient (Wildman–Crippen LogP) is 6.24. The Kier molecular flexibility index (Phi) is 5.82. The Labute approximate surface area is 166 Å². The lowest BCUT2D eigenvalue weighted by atomic mass is 10.0. The van der Waals surface area contributed by atoms with Crippen LogP contribution in [0.1, 0.15) is 38.2 Å². The minimum Gasteiger partial charge on any atom is -0.340 e. The Morgan fingerprint density at radius 3 is 2.85 bits per heavy atom. The van der Waals surface area contributed by atoms with Gasteiger partial charge < -0.3 is 10.2 Å². The van der Waals surface area contributed by atoms with Crippen LogP contribution in [0, 0.1) is 6.92 Å². The van der Waals surface area contributed by atoms with Crippen LogP contribution in [0.3, 0.4) is 0 Å². The number of thioether (sulfide) groups is 1. The SMILES string of the molecule is CCSc1ccc2c(c1)N(CCC1CCCCN1)c1ccc(C)cc1S2. The topological polar surface area (TPSA) is 15.3 Å². The highest BCUT2D eigenvalue weighted by molar-refractivity contribution is 8.00. The molecule has 0 aromatic heterocycles. The third-order valence-electron chi connectivity index (χ3n) is 5.27. The molecule has 4 rings (SSSR count). The van der Waals surface area contributed by atoms with Crippen LogP contribution in [0.25, 0.3) is 0 Å². The number of nitrogens with zero attached hydrogens (tertiary/aromatic N) is 1. The van der Waals surface area contributed by atoms with Crippen molar-refractivity contribution in [2.75, 3.05) is 23.7 Å². The number of aryl methyl sites for hydroxylation is 1. The molecule has 138 valence electrons. The van der Waals surface area contributed by atoms with Gasteiger partial charge in [-0.15, -0.1) is 11.8 Å². The number of fused-ring (bicyclic) bond motifs is 2. The third kappa shape index (κ3) is 3.92. The smallest absolute Gasteiger partial charge is 0.0564 e. The molecular formula is C22H28N2S2. The molecule has 1 atom stereocenters. The van der Waals surface area contributed by atoms with Gasteiger partial charge in [0.05, 0.1) is 11.4 Å². The van der Waals surface area contributed by atoms with Crippen molar-refractivity contribution in [1.82, 2.24) is 5.32 Å². The van der Waals surface area contributed by atoms with Gasteiger partial charge in [0.2, 0.25) is 0 Å². The first-order chi connectivity index (χ1) is 12.7. The first kappa shape index (κ1) is 18.3. The van der Waals surface area contributed by atoms with E-state index < -0.39 is 0 Å². The van der Waals surface area contributed by atoms with Gasteiger partial charge in [0.15, 0.2) is 0 Å². The quantitative estimate of drug-likeness (QED) is 0.613. The summed E-state index contributed by atoms with van der Waals surface area (Å²) >= 11 is 3.85. The van der Waals surface area contributed by atoms with Crippen LogP contribution in [-0.2, 0) is 0 Å². The molecule has 0 bridgehead atoms. The maximum atomic E-state index is 3.71. The molecule has 2 aliphatic rings. The molecule has 2 aromatic rings. The van der Waals surface area contributed by atoms with Crippen LogP contribution in [0.4, 0.5) is 11.4 Å². The molecule has 0 spiro atoms. The molecular weight excluding hydrogens is 356 g/mol. The summed E-state index contributed by atoms with van der Waals surface area (Å²) in [5.74, 6) is 1.12. The number of anilines is 2. The molecule has 2 heterocycles. The van der Waals surface area contributed by atoms with Gasteiger partial charge in [0, 0.05) is 27.3 Å². The number of hydrogen-bond acceptors (Lipinski definition) is 4. The molecule has 4 heteroatoms. The molecule has 0 aliphatic carbocycles. The highest BCUT2D eigenvalue weighted by Crippen LogP contribution is 2.49. The van der Waals surface area contributed by atoms with Crippen molar-refractivity contribution in [2.45, 2.75) is 60.3 Å². The van der Waals surface area contributed by atoms with E-state index in [-0.39, 0.29) is 0 Å². The largest absolute Gasteiger partial charge is 0.340 e. The fraction of sp³-hybridized carbons (Fsp3) is 0.455. The van der Waals surface area contributed by atoms with Crippen molar-refractivity contribution in [1.29, 1.82) is 0 Å². The summed E-state index contributed by atoms with van der Waals surface area (Å²) in [4.78, 5) is 6.73. The second-order valence-electron chi connectivity index (χ2n) is 7.22. The van der Waals surface area contributed by atoms with E-state index >= 15 is 0 Å². The average molecular weight is 385 g/mol. The molecule has 2 nitrogen and oxygen atoms in total. The second kappa shape index (κ2) is 8.28. The monoisotopic (exact) mass is 384 g/mol. The van der Waals surface area contributed by atoms with E-state index in [9.17, 15) is 0 Å². The molecule has 2 aliphatic heterocycles.